The molecule has 0 heterocycles. The topological polar surface area (TPSA) is 9.23 Å². The van der Waals surface area contributed by atoms with Gasteiger partial charge in [0.2, 0.25) is 0 Å². The molecule has 7 unspecified atom stereocenters. The maximum Gasteiger partial charge on any atom is 0.426 e. The number of hydrogen-bond donors (Lipinski definition) is 0. The van der Waals surface area contributed by atoms with Crippen LogP contribution in [0.1, 0.15) is 25.7 Å². The van der Waals surface area contributed by atoms with Crippen LogP contribution >= 0.6 is 0 Å². The summed E-state index contributed by atoms with van der Waals surface area (Å²) < 4.78 is 84.1. The fourth-order valence-electron chi connectivity index (χ4n) is 6.46. The number of allylic oxidation sites excluding steroid dienone is 2. The Kier molecular flexibility index (Phi) is 3.43. The van der Waals surface area contributed by atoms with Crippen molar-refractivity contribution in [3.05, 3.63) is 12.2 Å². The number of fused-ring (bicyclic) bond motifs is 9. The molecule has 0 aromatic heterocycles. The van der Waals surface area contributed by atoms with Gasteiger partial charge in [0, 0.05) is 7.11 Å². The van der Waals surface area contributed by atoms with E-state index in [-0.39, 0.29) is 17.8 Å². The summed E-state index contributed by atoms with van der Waals surface area (Å²) in [6.07, 6.45) is -5.31. The van der Waals surface area contributed by atoms with Crippen molar-refractivity contribution in [1.29, 1.82) is 0 Å². The fraction of sp³-hybridized carbons (Fsp3) is 0.882. The van der Waals surface area contributed by atoms with Gasteiger partial charge in [-0.25, -0.2) is 0 Å². The van der Waals surface area contributed by atoms with Crippen LogP contribution in [0, 0.1) is 41.4 Å². The fourth-order valence-corrected chi connectivity index (χ4v) is 6.46. The Labute approximate surface area is 136 Å². The summed E-state index contributed by atoms with van der Waals surface area (Å²) in [5.41, 5.74) is -4.04. The maximum atomic E-state index is 13.3. The molecule has 4 bridgehead atoms. The first-order valence-electron chi connectivity index (χ1n) is 8.46. The Hall–Kier alpha value is -0.720. The van der Waals surface area contributed by atoms with Crippen LogP contribution in [0.5, 0.6) is 0 Å². The molecule has 0 amide bonds. The van der Waals surface area contributed by atoms with Crippen molar-refractivity contribution in [2.75, 3.05) is 7.11 Å². The molecule has 1 nitrogen and oxygen atoms in total. The first kappa shape index (κ1) is 16.7. The molecule has 136 valence electrons. The van der Waals surface area contributed by atoms with E-state index in [1.54, 1.807) is 0 Å². The van der Waals surface area contributed by atoms with Crippen LogP contribution < -0.4 is 0 Å². The average molecular weight is 354 g/mol. The molecular formula is C17H20F6O. The molecule has 4 aliphatic rings. The molecule has 0 spiro atoms. The van der Waals surface area contributed by atoms with Crippen molar-refractivity contribution >= 4 is 0 Å². The van der Waals surface area contributed by atoms with E-state index in [0.29, 0.717) is 31.3 Å². The van der Waals surface area contributed by atoms with Crippen molar-refractivity contribution < 1.29 is 31.1 Å². The SMILES string of the molecule is COC(CC1CC2CC1C1C3C=CC(C3)C21)(C(F)(F)F)C(F)(F)F. The second-order valence-electron chi connectivity index (χ2n) is 7.99. The third kappa shape index (κ3) is 1.99. The van der Waals surface area contributed by atoms with E-state index in [2.05, 4.69) is 16.9 Å². The molecule has 4 rings (SSSR count). The van der Waals surface area contributed by atoms with Crippen LogP contribution in [0.2, 0.25) is 0 Å². The Morgan fingerprint density at radius 1 is 0.875 bits per heavy atom. The first-order chi connectivity index (χ1) is 11.1. The highest BCUT2D eigenvalue weighted by Crippen LogP contribution is 2.68. The van der Waals surface area contributed by atoms with Gasteiger partial charge in [-0.2, -0.15) is 26.3 Å². The Morgan fingerprint density at radius 2 is 1.46 bits per heavy atom. The molecule has 4 aliphatic carbocycles. The quantitative estimate of drug-likeness (QED) is 0.395. The Bertz CT molecular complexity index is 536. The lowest BCUT2D eigenvalue weighted by atomic mass is 9.67. The number of methoxy groups -OCH3 is 1. The lowest BCUT2D eigenvalue weighted by Crippen LogP contribution is -2.59. The van der Waals surface area contributed by atoms with Crippen molar-refractivity contribution in [2.24, 2.45) is 41.4 Å². The van der Waals surface area contributed by atoms with Crippen LogP contribution in [0.4, 0.5) is 26.3 Å². The van der Waals surface area contributed by atoms with Gasteiger partial charge in [-0.1, -0.05) is 12.2 Å². The molecule has 0 N–H and O–H groups in total. The average Bonchev–Trinajstić information content (AvgIpc) is 3.19. The molecule has 0 saturated heterocycles. The normalized spacial score (nSPS) is 43.7. The largest absolute Gasteiger partial charge is 0.426 e. The monoisotopic (exact) mass is 354 g/mol. The number of hydrogen-bond acceptors (Lipinski definition) is 1. The lowest BCUT2D eigenvalue weighted by molar-refractivity contribution is -0.380. The molecule has 24 heavy (non-hydrogen) atoms. The number of alkyl halides is 6. The number of rotatable bonds is 3. The second-order valence-corrected chi connectivity index (χ2v) is 7.99. The van der Waals surface area contributed by atoms with E-state index >= 15 is 0 Å². The molecule has 0 aromatic rings. The van der Waals surface area contributed by atoms with Gasteiger partial charge in [0.1, 0.15) is 0 Å². The minimum absolute atomic E-state index is 0.0285. The van der Waals surface area contributed by atoms with Crippen molar-refractivity contribution in [2.45, 2.75) is 43.6 Å². The van der Waals surface area contributed by atoms with Gasteiger partial charge in [-0.15, -0.1) is 0 Å². The van der Waals surface area contributed by atoms with E-state index < -0.39 is 30.3 Å². The van der Waals surface area contributed by atoms with E-state index in [4.69, 9.17) is 0 Å². The third-order valence-electron chi connectivity index (χ3n) is 7.22. The van der Waals surface area contributed by atoms with Crippen LogP contribution in [-0.2, 0) is 4.74 Å². The summed E-state index contributed by atoms with van der Waals surface area (Å²) in [6, 6.07) is 0. The first-order valence-corrected chi connectivity index (χ1v) is 8.46. The van der Waals surface area contributed by atoms with Crippen molar-refractivity contribution in [3.8, 4) is 0 Å². The minimum atomic E-state index is -5.46. The maximum absolute atomic E-state index is 13.3. The van der Waals surface area contributed by atoms with Gasteiger partial charge in [-0.3, -0.25) is 0 Å². The summed E-state index contributed by atoms with van der Waals surface area (Å²) >= 11 is 0. The third-order valence-corrected chi connectivity index (χ3v) is 7.22. The standard InChI is InChI=1S/C17H20F6O/c1-24-15(16(18,19)20,17(21,22)23)7-11-5-10-6-12(11)14-9-3-2-8(4-9)13(10)14/h2-3,8-14H,4-7H2,1H3. The summed E-state index contributed by atoms with van der Waals surface area (Å²) in [5.74, 6) is 1.29. The Morgan fingerprint density at radius 3 is 2.00 bits per heavy atom. The predicted molar refractivity (Wildman–Crippen MR) is 73.9 cm³/mol. The zero-order valence-corrected chi connectivity index (χ0v) is 13.2. The summed E-state index contributed by atoms with van der Waals surface area (Å²) in [6.45, 7) is 0. The molecule has 0 radical (unpaired) electrons. The molecule has 0 aromatic carbocycles. The molecular weight excluding hydrogens is 334 g/mol. The van der Waals surface area contributed by atoms with Crippen molar-refractivity contribution in [1.82, 2.24) is 0 Å². The molecule has 0 aliphatic heterocycles. The van der Waals surface area contributed by atoms with Crippen LogP contribution in [-0.4, -0.2) is 25.1 Å². The lowest BCUT2D eigenvalue weighted by Gasteiger charge is -2.42. The summed E-state index contributed by atoms with van der Waals surface area (Å²) in [5, 5.41) is 0. The van der Waals surface area contributed by atoms with E-state index in [1.165, 1.54) is 0 Å². The van der Waals surface area contributed by atoms with Crippen LogP contribution in [0.25, 0.3) is 0 Å². The van der Waals surface area contributed by atoms with E-state index in [1.807, 2.05) is 0 Å². The molecule has 7 heteroatoms. The predicted octanol–water partition coefficient (Wildman–Crippen LogP) is 4.98. The van der Waals surface area contributed by atoms with Gasteiger partial charge < -0.3 is 4.74 Å². The number of ether oxygens (including phenoxy) is 1. The highest BCUT2D eigenvalue weighted by atomic mass is 19.4. The smallest absolute Gasteiger partial charge is 0.361 e. The van der Waals surface area contributed by atoms with E-state index in [9.17, 15) is 26.3 Å². The van der Waals surface area contributed by atoms with Crippen molar-refractivity contribution in [3.63, 3.8) is 0 Å². The molecule has 3 saturated carbocycles. The summed E-state index contributed by atoms with van der Waals surface area (Å²) in [7, 11) is 0.525. The highest BCUT2D eigenvalue weighted by molar-refractivity contribution is 5.21. The van der Waals surface area contributed by atoms with Gasteiger partial charge in [0.15, 0.2) is 0 Å². The minimum Gasteiger partial charge on any atom is -0.361 e. The molecule has 7 atom stereocenters. The molecule has 3 fully saturated rings. The van der Waals surface area contributed by atoms with Gasteiger partial charge >= 0.3 is 12.4 Å². The zero-order chi connectivity index (χ0) is 17.5. The van der Waals surface area contributed by atoms with Gasteiger partial charge in [0.05, 0.1) is 0 Å². The van der Waals surface area contributed by atoms with Crippen LogP contribution in [0.3, 0.4) is 0 Å². The highest BCUT2D eigenvalue weighted by Gasteiger charge is 2.73. The Balaban J connectivity index is 1.60. The second kappa shape index (κ2) is 4.92. The summed E-state index contributed by atoms with van der Waals surface area (Å²) in [4.78, 5) is 0. The van der Waals surface area contributed by atoms with Gasteiger partial charge in [-0.05, 0) is 67.1 Å². The number of halogens is 6. The zero-order valence-electron chi connectivity index (χ0n) is 13.2. The van der Waals surface area contributed by atoms with E-state index in [0.717, 1.165) is 12.8 Å². The van der Waals surface area contributed by atoms with Crippen LogP contribution in [0.15, 0.2) is 12.2 Å². The van der Waals surface area contributed by atoms with Gasteiger partial charge in [0.25, 0.3) is 5.60 Å².